The lowest BCUT2D eigenvalue weighted by atomic mass is 10.00. The zero-order valence-corrected chi connectivity index (χ0v) is 11.0. The molecule has 1 aliphatic heterocycles. The Bertz CT molecular complexity index is 559. The van der Waals surface area contributed by atoms with Crippen molar-refractivity contribution in [3.05, 3.63) is 29.3 Å². The maximum atomic E-state index is 12.2. The van der Waals surface area contributed by atoms with Crippen LogP contribution in [0.4, 0.5) is 5.69 Å². The molecular formula is C14H15NO4. The van der Waals surface area contributed by atoms with Crippen LogP contribution in [0.15, 0.2) is 18.2 Å². The van der Waals surface area contributed by atoms with Gasteiger partial charge in [0.2, 0.25) is 11.8 Å². The van der Waals surface area contributed by atoms with Crippen molar-refractivity contribution in [2.45, 2.75) is 20.8 Å². The SMILES string of the molecule is Cc1cccc(C(=O)O)c1N1C(=O)C(C)C(C)C1=O. The number of para-hydroxylation sites is 1. The molecule has 0 bridgehead atoms. The molecule has 5 nitrogen and oxygen atoms in total. The van der Waals surface area contributed by atoms with Crippen LogP contribution in [0.1, 0.15) is 29.8 Å². The van der Waals surface area contributed by atoms with Gasteiger partial charge in [0.1, 0.15) is 0 Å². The van der Waals surface area contributed by atoms with Crippen molar-refractivity contribution in [3.8, 4) is 0 Å². The van der Waals surface area contributed by atoms with Crippen molar-refractivity contribution >= 4 is 23.5 Å². The number of carbonyl (C=O) groups is 3. The molecule has 100 valence electrons. The topological polar surface area (TPSA) is 74.7 Å². The molecule has 2 unspecified atom stereocenters. The van der Waals surface area contributed by atoms with Crippen LogP contribution in [-0.2, 0) is 9.59 Å². The van der Waals surface area contributed by atoms with E-state index < -0.39 is 17.8 Å². The summed E-state index contributed by atoms with van der Waals surface area (Å²) in [6, 6.07) is 4.69. The van der Waals surface area contributed by atoms with E-state index in [1.807, 2.05) is 0 Å². The van der Waals surface area contributed by atoms with Gasteiger partial charge in [-0.3, -0.25) is 9.59 Å². The van der Waals surface area contributed by atoms with Gasteiger partial charge in [-0.25, -0.2) is 9.69 Å². The van der Waals surface area contributed by atoms with Gasteiger partial charge in [0.05, 0.1) is 11.3 Å². The molecule has 1 aliphatic rings. The number of aryl methyl sites for hydroxylation is 1. The molecule has 0 spiro atoms. The fourth-order valence-electron chi connectivity index (χ4n) is 2.29. The van der Waals surface area contributed by atoms with E-state index in [0.29, 0.717) is 5.56 Å². The molecule has 0 saturated carbocycles. The molecule has 2 atom stereocenters. The molecule has 1 N–H and O–H groups in total. The Hall–Kier alpha value is -2.17. The van der Waals surface area contributed by atoms with E-state index in [0.717, 1.165) is 4.90 Å². The normalized spacial score (nSPS) is 23.0. The van der Waals surface area contributed by atoms with Gasteiger partial charge in [0.25, 0.3) is 0 Å². The Kier molecular flexibility index (Phi) is 3.14. The van der Waals surface area contributed by atoms with E-state index in [2.05, 4.69) is 0 Å². The van der Waals surface area contributed by atoms with E-state index >= 15 is 0 Å². The number of aromatic carboxylic acids is 1. The number of carboxylic acid groups (broad SMARTS) is 1. The summed E-state index contributed by atoms with van der Waals surface area (Å²) in [7, 11) is 0. The summed E-state index contributed by atoms with van der Waals surface area (Å²) in [5.41, 5.74) is 0.770. The molecule has 1 fully saturated rings. The van der Waals surface area contributed by atoms with Gasteiger partial charge >= 0.3 is 5.97 Å². The number of carbonyl (C=O) groups excluding carboxylic acids is 2. The minimum atomic E-state index is -1.15. The van der Waals surface area contributed by atoms with Gasteiger partial charge in [-0.05, 0) is 18.6 Å². The van der Waals surface area contributed by atoms with E-state index in [4.69, 9.17) is 0 Å². The average Bonchev–Trinajstić information content (AvgIpc) is 2.54. The van der Waals surface area contributed by atoms with Crippen molar-refractivity contribution < 1.29 is 19.5 Å². The molecule has 1 aromatic rings. The highest BCUT2D eigenvalue weighted by molar-refractivity contribution is 6.23. The fourth-order valence-corrected chi connectivity index (χ4v) is 2.29. The van der Waals surface area contributed by atoms with Crippen molar-refractivity contribution in [2.24, 2.45) is 11.8 Å². The first-order valence-electron chi connectivity index (χ1n) is 6.07. The molecule has 5 heteroatoms. The second-order valence-corrected chi connectivity index (χ2v) is 4.87. The summed E-state index contributed by atoms with van der Waals surface area (Å²) in [6.45, 7) is 5.06. The Labute approximate surface area is 110 Å². The van der Waals surface area contributed by atoms with Crippen LogP contribution >= 0.6 is 0 Å². The van der Waals surface area contributed by atoms with Crippen molar-refractivity contribution in [2.75, 3.05) is 4.90 Å². The van der Waals surface area contributed by atoms with Crippen molar-refractivity contribution in [1.29, 1.82) is 0 Å². The third-order valence-electron chi connectivity index (χ3n) is 3.66. The number of anilines is 1. The number of nitrogens with zero attached hydrogens (tertiary/aromatic N) is 1. The highest BCUT2D eigenvalue weighted by Crippen LogP contribution is 2.34. The highest BCUT2D eigenvalue weighted by atomic mass is 16.4. The lowest BCUT2D eigenvalue weighted by Crippen LogP contribution is -2.32. The van der Waals surface area contributed by atoms with Gasteiger partial charge in [-0.2, -0.15) is 0 Å². The number of imide groups is 1. The lowest BCUT2D eigenvalue weighted by molar-refractivity contribution is -0.122. The van der Waals surface area contributed by atoms with E-state index in [1.54, 1.807) is 32.9 Å². The van der Waals surface area contributed by atoms with Gasteiger partial charge in [-0.15, -0.1) is 0 Å². The first-order chi connectivity index (χ1) is 8.86. The summed E-state index contributed by atoms with van der Waals surface area (Å²) in [4.78, 5) is 36.6. The summed E-state index contributed by atoms with van der Waals surface area (Å²) < 4.78 is 0. The van der Waals surface area contributed by atoms with Crippen molar-refractivity contribution in [3.63, 3.8) is 0 Å². The van der Waals surface area contributed by atoms with Crippen LogP contribution < -0.4 is 4.90 Å². The zero-order chi connectivity index (χ0) is 14.3. The minimum Gasteiger partial charge on any atom is -0.478 e. The molecule has 0 radical (unpaired) electrons. The zero-order valence-electron chi connectivity index (χ0n) is 11.0. The molecular weight excluding hydrogens is 246 g/mol. The Morgan fingerprint density at radius 1 is 1.16 bits per heavy atom. The molecule has 0 aliphatic carbocycles. The van der Waals surface area contributed by atoms with Crippen LogP contribution in [0, 0.1) is 18.8 Å². The number of benzene rings is 1. The number of hydrogen-bond acceptors (Lipinski definition) is 3. The largest absolute Gasteiger partial charge is 0.478 e. The molecule has 1 heterocycles. The summed E-state index contributed by atoms with van der Waals surface area (Å²) in [5, 5.41) is 9.21. The van der Waals surface area contributed by atoms with Crippen molar-refractivity contribution in [1.82, 2.24) is 0 Å². The van der Waals surface area contributed by atoms with Gasteiger partial charge in [0.15, 0.2) is 0 Å². The molecule has 0 aromatic heterocycles. The van der Waals surface area contributed by atoms with Gasteiger partial charge in [-0.1, -0.05) is 26.0 Å². The van der Waals surface area contributed by atoms with Crippen LogP contribution in [0.2, 0.25) is 0 Å². The molecule has 2 rings (SSSR count). The molecule has 2 amide bonds. The molecule has 19 heavy (non-hydrogen) atoms. The van der Waals surface area contributed by atoms with Crippen LogP contribution in [-0.4, -0.2) is 22.9 Å². The fraction of sp³-hybridized carbons (Fsp3) is 0.357. The third-order valence-corrected chi connectivity index (χ3v) is 3.66. The van der Waals surface area contributed by atoms with E-state index in [9.17, 15) is 19.5 Å². The summed E-state index contributed by atoms with van der Waals surface area (Å²) >= 11 is 0. The van der Waals surface area contributed by atoms with Gasteiger partial charge < -0.3 is 5.11 Å². The second-order valence-electron chi connectivity index (χ2n) is 4.87. The molecule has 1 saturated heterocycles. The summed E-state index contributed by atoms with van der Waals surface area (Å²) in [6.07, 6.45) is 0. The van der Waals surface area contributed by atoms with Crippen LogP contribution in [0.5, 0.6) is 0 Å². The van der Waals surface area contributed by atoms with Crippen LogP contribution in [0.3, 0.4) is 0 Å². The maximum Gasteiger partial charge on any atom is 0.337 e. The minimum absolute atomic E-state index is 0.0250. The predicted molar refractivity (Wildman–Crippen MR) is 69.0 cm³/mol. The Morgan fingerprint density at radius 3 is 2.16 bits per heavy atom. The second kappa shape index (κ2) is 4.50. The quantitative estimate of drug-likeness (QED) is 0.824. The number of hydrogen-bond donors (Lipinski definition) is 1. The molecule has 1 aromatic carbocycles. The monoisotopic (exact) mass is 261 g/mol. The van der Waals surface area contributed by atoms with E-state index in [-0.39, 0.29) is 23.1 Å². The Balaban J connectivity index is 2.63. The van der Waals surface area contributed by atoms with E-state index in [1.165, 1.54) is 6.07 Å². The predicted octanol–water partition coefficient (Wildman–Crippen LogP) is 1.84. The lowest BCUT2D eigenvalue weighted by Gasteiger charge is -2.19. The van der Waals surface area contributed by atoms with Crippen LogP contribution in [0.25, 0.3) is 0 Å². The Morgan fingerprint density at radius 2 is 1.68 bits per heavy atom. The first kappa shape index (κ1) is 13.3. The maximum absolute atomic E-state index is 12.2. The average molecular weight is 261 g/mol. The smallest absolute Gasteiger partial charge is 0.337 e. The number of carboxylic acids is 1. The first-order valence-corrected chi connectivity index (χ1v) is 6.07. The number of amides is 2. The standard InChI is InChI=1S/C14H15NO4/c1-7-5-4-6-10(14(18)19)11(7)15-12(16)8(2)9(3)13(15)17/h4-6,8-9H,1-3H3,(H,18,19). The highest BCUT2D eigenvalue weighted by Gasteiger charge is 2.44. The number of rotatable bonds is 2. The van der Waals surface area contributed by atoms with Gasteiger partial charge in [0, 0.05) is 11.8 Å². The third kappa shape index (κ3) is 1.91. The summed E-state index contributed by atoms with van der Waals surface area (Å²) in [5.74, 6) is -2.67.